The molecule has 0 amide bonds. The zero-order valence-electron chi connectivity index (χ0n) is 17.8. The largest absolute Gasteiger partial charge is 0.430 e. The monoisotopic (exact) mass is 504 g/mol. The summed E-state index contributed by atoms with van der Waals surface area (Å²) in [6.07, 6.45) is 11.8. The van der Waals surface area contributed by atoms with Crippen LogP contribution in [0.15, 0.2) is 87.5 Å². The number of rotatable bonds is 6. The van der Waals surface area contributed by atoms with Gasteiger partial charge in [-0.1, -0.05) is 5.16 Å². The summed E-state index contributed by atoms with van der Waals surface area (Å²) in [5.74, 6) is 0.540. The summed E-state index contributed by atoms with van der Waals surface area (Å²) in [5, 5.41) is 14.7. The minimum Gasteiger partial charge on any atom is -0.430 e. The van der Waals surface area contributed by atoms with Crippen LogP contribution in [0, 0.1) is 0 Å². The van der Waals surface area contributed by atoms with Crippen LogP contribution in [0.2, 0.25) is 0 Å². The minimum absolute atomic E-state index is 0.314. The van der Waals surface area contributed by atoms with Crippen molar-refractivity contribution in [2.24, 2.45) is 0 Å². The molecular formula is C21H16N10O2S2. The molecule has 35 heavy (non-hydrogen) atoms. The maximum Gasteiger partial charge on any atom is 0.337 e. The van der Waals surface area contributed by atoms with E-state index in [-0.39, 0.29) is 0 Å². The van der Waals surface area contributed by atoms with Gasteiger partial charge >= 0.3 is 6.01 Å². The summed E-state index contributed by atoms with van der Waals surface area (Å²) in [6.45, 7) is 0. The molecule has 2 unspecified atom stereocenters. The van der Waals surface area contributed by atoms with E-state index >= 15 is 0 Å². The molecule has 174 valence electrons. The average Bonchev–Trinajstić information content (AvgIpc) is 3.71. The van der Waals surface area contributed by atoms with Gasteiger partial charge in [-0.3, -0.25) is 0 Å². The van der Waals surface area contributed by atoms with Gasteiger partial charge < -0.3 is 18.9 Å². The first kappa shape index (κ1) is 20.0. The van der Waals surface area contributed by atoms with Crippen molar-refractivity contribution in [3.63, 3.8) is 0 Å². The highest BCUT2D eigenvalue weighted by atomic mass is 32.1. The average molecular weight is 505 g/mol. The van der Waals surface area contributed by atoms with Crippen molar-refractivity contribution < 1.29 is 8.94 Å². The van der Waals surface area contributed by atoms with Gasteiger partial charge in [0.1, 0.15) is 24.3 Å². The summed E-state index contributed by atoms with van der Waals surface area (Å²) >= 11 is 2.84. The molecular weight excluding hydrogens is 488 g/mol. The number of hydrogen-bond acceptors (Lipinski definition) is 12. The fourth-order valence-electron chi connectivity index (χ4n) is 4.62. The van der Waals surface area contributed by atoms with E-state index in [1.165, 1.54) is 29.1 Å². The fraction of sp³-hybridized carbons (Fsp3) is 0.0952. The van der Waals surface area contributed by atoms with Gasteiger partial charge in [0.2, 0.25) is 11.1 Å². The topological polar surface area (TPSA) is 132 Å². The molecule has 0 radical (unpaired) electrons. The Morgan fingerprint density at radius 2 is 1.97 bits per heavy atom. The zero-order chi connectivity index (χ0) is 23.2. The van der Waals surface area contributed by atoms with Crippen molar-refractivity contribution in [3.05, 3.63) is 95.6 Å². The molecule has 0 aliphatic carbocycles. The third-order valence-electron chi connectivity index (χ3n) is 5.83. The van der Waals surface area contributed by atoms with E-state index in [1.807, 2.05) is 56.4 Å². The van der Waals surface area contributed by atoms with E-state index in [1.54, 1.807) is 31.1 Å². The van der Waals surface area contributed by atoms with E-state index in [4.69, 9.17) is 13.3 Å². The number of thiazole rings is 1. The van der Waals surface area contributed by atoms with Crippen LogP contribution in [0.4, 0.5) is 17.1 Å². The molecule has 2 N–H and O–H groups in total. The number of aromatic nitrogens is 7. The second kappa shape index (κ2) is 7.82. The second-order valence-corrected chi connectivity index (χ2v) is 9.09. The number of hydrogen-bond donors (Lipinski definition) is 2. The van der Waals surface area contributed by atoms with Gasteiger partial charge in [0, 0.05) is 41.6 Å². The third kappa shape index (κ3) is 2.80. The van der Waals surface area contributed by atoms with E-state index in [0.29, 0.717) is 22.8 Å². The second-order valence-electron chi connectivity index (χ2n) is 7.55. The van der Waals surface area contributed by atoms with Crippen molar-refractivity contribution in [3.8, 4) is 0 Å². The summed E-state index contributed by atoms with van der Waals surface area (Å²) in [6, 6.07) is 7.59. The first-order valence-corrected chi connectivity index (χ1v) is 12.2. The van der Waals surface area contributed by atoms with Gasteiger partial charge in [0.15, 0.2) is 5.54 Å². The Labute approximate surface area is 205 Å². The van der Waals surface area contributed by atoms with Gasteiger partial charge in [-0.15, -0.1) is 16.5 Å². The van der Waals surface area contributed by atoms with Crippen molar-refractivity contribution in [1.29, 1.82) is 0 Å². The standard InChI is InChI=1S/C21H16N10O2S2/c1-2-15(22-5-1)21(16-4-12-35-28-16)17(14-3-10-33-27-14)29(20-26-9-13-34-20)31(19-25-8-11-32-19)30(21)18-23-6-7-24-18/h1-13,17,22H,(H,23,24). The number of aromatic amines is 2. The van der Waals surface area contributed by atoms with Gasteiger partial charge in [-0.25, -0.2) is 20.0 Å². The number of oxazole rings is 1. The van der Waals surface area contributed by atoms with Crippen LogP contribution >= 0.6 is 22.9 Å². The normalized spacial score (nSPS) is 20.2. The van der Waals surface area contributed by atoms with Crippen molar-refractivity contribution in [1.82, 2.24) is 34.5 Å². The first-order chi connectivity index (χ1) is 17.4. The molecule has 7 heterocycles. The van der Waals surface area contributed by atoms with Crippen LogP contribution in [0.5, 0.6) is 0 Å². The maximum atomic E-state index is 5.86. The zero-order valence-corrected chi connectivity index (χ0v) is 19.4. The molecule has 14 heteroatoms. The molecule has 1 fully saturated rings. The lowest BCUT2D eigenvalue weighted by Crippen LogP contribution is -2.53. The molecule has 2 atom stereocenters. The first-order valence-electron chi connectivity index (χ1n) is 10.5. The SMILES string of the molecule is c1c[nH]c(C2(c3ccsn3)C(c3ccon3)N(c3nccs3)N(c3ncco3)N2c2ncc[nH]2)c1. The number of nitrogens with zero attached hydrogens (tertiary/aromatic N) is 8. The predicted octanol–water partition coefficient (Wildman–Crippen LogP) is 3.98. The number of nitrogens with one attached hydrogen (secondary N) is 2. The molecule has 1 saturated heterocycles. The minimum atomic E-state index is -1.02. The Kier molecular flexibility index (Phi) is 4.46. The molecule has 0 spiro atoms. The van der Waals surface area contributed by atoms with Crippen LogP contribution < -0.4 is 15.1 Å². The lowest BCUT2D eigenvalue weighted by atomic mass is 9.81. The smallest absolute Gasteiger partial charge is 0.337 e. The number of imidazole rings is 1. The van der Waals surface area contributed by atoms with Crippen molar-refractivity contribution in [2.45, 2.75) is 11.6 Å². The van der Waals surface area contributed by atoms with Gasteiger partial charge in [0.25, 0.3) is 0 Å². The molecule has 0 aromatic carbocycles. The van der Waals surface area contributed by atoms with Gasteiger partial charge in [-0.2, -0.15) is 9.36 Å². The summed E-state index contributed by atoms with van der Waals surface area (Å²) in [5.41, 5.74) is 1.26. The molecule has 12 nitrogen and oxygen atoms in total. The lowest BCUT2D eigenvalue weighted by Gasteiger charge is -2.38. The highest BCUT2D eigenvalue weighted by Crippen LogP contribution is 2.57. The third-order valence-corrected chi connectivity index (χ3v) is 7.15. The quantitative estimate of drug-likeness (QED) is 0.343. The van der Waals surface area contributed by atoms with E-state index < -0.39 is 11.6 Å². The molecule has 1 aliphatic heterocycles. The van der Waals surface area contributed by atoms with E-state index in [9.17, 15) is 0 Å². The summed E-state index contributed by atoms with van der Waals surface area (Å²) < 4.78 is 16.1. The Morgan fingerprint density at radius 3 is 2.63 bits per heavy atom. The van der Waals surface area contributed by atoms with Crippen molar-refractivity contribution >= 4 is 40.0 Å². The predicted molar refractivity (Wildman–Crippen MR) is 128 cm³/mol. The molecule has 0 saturated carbocycles. The van der Waals surface area contributed by atoms with Crippen LogP contribution in [0.1, 0.15) is 23.1 Å². The van der Waals surface area contributed by atoms with Crippen LogP contribution in [-0.2, 0) is 5.54 Å². The Morgan fingerprint density at radius 1 is 0.971 bits per heavy atom. The Bertz CT molecular complexity index is 1350. The Balaban J connectivity index is 1.63. The summed E-state index contributed by atoms with van der Waals surface area (Å²) in [7, 11) is 0. The number of H-pyrrole nitrogens is 2. The highest BCUT2D eigenvalue weighted by Gasteiger charge is 2.65. The summed E-state index contributed by atoms with van der Waals surface area (Å²) in [4.78, 5) is 20.5. The van der Waals surface area contributed by atoms with Gasteiger partial charge in [0.05, 0.1) is 17.6 Å². The number of hydrazine groups is 2. The van der Waals surface area contributed by atoms with Crippen LogP contribution in [0.25, 0.3) is 0 Å². The van der Waals surface area contributed by atoms with Gasteiger partial charge in [-0.05, 0) is 29.7 Å². The Hall–Kier alpha value is -4.43. The number of anilines is 3. The molecule has 0 bridgehead atoms. The van der Waals surface area contributed by atoms with Crippen LogP contribution in [-0.4, -0.2) is 34.5 Å². The van der Waals surface area contributed by atoms with Crippen LogP contribution in [0.3, 0.4) is 0 Å². The highest BCUT2D eigenvalue weighted by molar-refractivity contribution is 7.13. The molecule has 7 rings (SSSR count). The molecule has 1 aliphatic rings. The van der Waals surface area contributed by atoms with E-state index in [0.717, 1.165) is 11.4 Å². The molecule has 6 aromatic rings. The fourth-order valence-corrected chi connectivity index (χ4v) is 5.84. The molecule has 6 aromatic heterocycles. The van der Waals surface area contributed by atoms with E-state index in [2.05, 4.69) is 30.1 Å². The van der Waals surface area contributed by atoms with Crippen molar-refractivity contribution in [2.75, 3.05) is 15.1 Å². The lowest BCUT2D eigenvalue weighted by molar-refractivity contribution is 0.379. The maximum absolute atomic E-state index is 5.86.